The van der Waals surface area contributed by atoms with E-state index in [4.69, 9.17) is 0 Å². The number of halogens is 2. The minimum Gasteiger partial charge on any atom is -0.353 e. The van der Waals surface area contributed by atoms with Crippen LogP contribution >= 0.6 is 31.9 Å². The highest BCUT2D eigenvalue weighted by Crippen LogP contribution is 2.20. The Hall–Kier alpha value is -1.14. The lowest BCUT2D eigenvalue weighted by Gasteiger charge is -2.36. The normalized spacial score (nSPS) is 15.5. The van der Waals surface area contributed by atoms with Crippen molar-refractivity contribution < 1.29 is 0 Å². The Labute approximate surface area is 135 Å². The number of anilines is 2. The van der Waals surface area contributed by atoms with Crippen LogP contribution in [0.15, 0.2) is 45.6 Å². The molecule has 1 aliphatic heterocycles. The van der Waals surface area contributed by atoms with E-state index in [1.807, 2.05) is 24.5 Å². The van der Waals surface area contributed by atoms with Gasteiger partial charge in [-0.1, -0.05) is 0 Å². The van der Waals surface area contributed by atoms with Gasteiger partial charge < -0.3 is 9.80 Å². The van der Waals surface area contributed by atoms with Gasteiger partial charge in [-0.2, -0.15) is 0 Å². The fraction of sp³-hybridized carbons (Fsp3) is 0.286. The van der Waals surface area contributed by atoms with E-state index in [1.54, 1.807) is 0 Å². The Morgan fingerprint density at radius 2 is 1.10 bits per heavy atom. The molecule has 0 N–H and O–H groups in total. The van der Waals surface area contributed by atoms with Crippen molar-refractivity contribution in [3.8, 4) is 0 Å². The van der Waals surface area contributed by atoms with Crippen LogP contribution in [0.3, 0.4) is 0 Å². The Kier molecular flexibility index (Phi) is 4.21. The molecule has 0 aliphatic carbocycles. The highest BCUT2D eigenvalue weighted by Gasteiger charge is 2.18. The van der Waals surface area contributed by atoms with Crippen molar-refractivity contribution in [3.63, 3.8) is 0 Å². The third-order valence-electron chi connectivity index (χ3n) is 3.35. The maximum absolute atomic E-state index is 4.45. The molecule has 0 aromatic carbocycles. The molecule has 0 atom stereocenters. The van der Waals surface area contributed by atoms with Crippen molar-refractivity contribution in [1.29, 1.82) is 0 Å². The van der Waals surface area contributed by atoms with Crippen molar-refractivity contribution in [2.45, 2.75) is 0 Å². The molecule has 0 saturated carbocycles. The average Bonchev–Trinajstić information content (AvgIpc) is 2.49. The van der Waals surface area contributed by atoms with Crippen molar-refractivity contribution in [3.05, 3.63) is 45.6 Å². The number of aromatic nitrogens is 2. The van der Waals surface area contributed by atoms with Crippen LogP contribution in [0, 0.1) is 0 Å². The second-order valence-corrected chi connectivity index (χ2v) is 6.47. The van der Waals surface area contributed by atoms with Gasteiger partial charge in [0.25, 0.3) is 0 Å². The van der Waals surface area contributed by atoms with Crippen LogP contribution in [0.25, 0.3) is 0 Å². The molecule has 3 heterocycles. The van der Waals surface area contributed by atoms with Crippen molar-refractivity contribution >= 4 is 43.5 Å². The lowest BCUT2D eigenvalue weighted by molar-refractivity contribution is 0.641. The lowest BCUT2D eigenvalue weighted by atomic mass is 10.3. The van der Waals surface area contributed by atoms with E-state index in [0.717, 1.165) is 46.8 Å². The fourth-order valence-corrected chi connectivity index (χ4v) is 2.74. The Balaban J connectivity index is 1.64. The van der Waals surface area contributed by atoms with E-state index in [-0.39, 0.29) is 0 Å². The summed E-state index contributed by atoms with van der Waals surface area (Å²) < 4.78 is 2.03. The Morgan fingerprint density at radius 1 is 0.700 bits per heavy atom. The van der Waals surface area contributed by atoms with Gasteiger partial charge in [-0.25, -0.2) is 9.97 Å². The highest BCUT2D eigenvalue weighted by molar-refractivity contribution is 9.10. The zero-order valence-electron chi connectivity index (χ0n) is 10.8. The van der Waals surface area contributed by atoms with E-state index >= 15 is 0 Å². The summed E-state index contributed by atoms with van der Waals surface area (Å²) in [6.45, 7) is 3.86. The molecule has 0 unspecified atom stereocenters. The first kappa shape index (κ1) is 13.8. The smallest absolute Gasteiger partial charge is 0.128 e. The topological polar surface area (TPSA) is 32.3 Å². The van der Waals surface area contributed by atoms with Crippen molar-refractivity contribution in [1.82, 2.24) is 9.97 Å². The molecule has 20 heavy (non-hydrogen) atoms. The Morgan fingerprint density at radius 3 is 1.40 bits per heavy atom. The number of piperazine rings is 1. The fourth-order valence-electron chi connectivity index (χ4n) is 2.27. The molecule has 0 spiro atoms. The van der Waals surface area contributed by atoms with Gasteiger partial charge in [0.2, 0.25) is 0 Å². The van der Waals surface area contributed by atoms with Crippen molar-refractivity contribution in [2.75, 3.05) is 36.0 Å². The summed E-state index contributed by atoms with van der Waals surface area (Å²) in [7, 11) is 0. The van der Waals surface area contributed by atoms with E-state index < -0.39 is 0 Å². The second kappa shape index (κ2) is 6.10. The Bertz CT molecular complexity index is 509. The first-order valence-corrected chi connectivity index (χ1v) is 8.04. The van der Waals surface area contributed by atoms with E-state index in [0.29, 0.717) is 0 Å². The summed E-state index contributed by atoms with van der Waals surface area (Å²) in [5, 5.41) is 0. The standard InChI is InChI=1S/C14H14Br2N4/c15-11-1-3-13(17-9-11)19-5-7-20(8-6-19)14-4-2-12(16)10-18-14/h1-4,9-10H,5-8H2. The number of nitrogens with zero attached hydrogens (tertiary/aromatic N) is 4. The zero-order chi connectivity index (χ0) is 13.9. The molecule has 3 rings (SSSR count). The minimum absolute atomic E-state index is 0.965. The molecule has 2 aromatic heterocycles. The predicted molar refractivity (Wildman–Crippen MR) is 88.3 cm³/mol. The molecule has 2 aromatic rings. The van der Waals surface area contributed by atoms with Gasteiger partial charge in [0.05, 0.1) is 0 Å². The molecule has 1 saturated heterocycles. The van der Waals surface area contributed by atoms with Gasteiger partial charge in [0.1, 0.15) is 11.6 Å². The summed E-state index contributed by atoms with van der Waals surface area (Å²) in [6, 6.07) is 8.17. The largest absolute Gasteiger partial charge is 0.353 e. The summed E-state index contributed by atoms with van der Waals surface area (Å²) in [5.41, 5.74) is 0. The third kappa shape index (κ3) is 3.12. The van der Waals surface area contributed by atoms with E-state index in [9.17, 15) is 0 Å². The summed E-state index contributed by atoms with van der Waals surface area (Å²) in [5.74, 6) is 2.08. The highest BCUT2D eigenvalue weighted by atomic mass is 79.9. The van der Waals surface area contributed by atoms with Gasteiger partial charge >= 0.3 is 0 Å². The first-order chi connectivity index (χ1) is 9.72. The summed E-state index contributed by atoms with van der Waals surface area (Å²) in [6.07, 6.45) is 3.69. The molecular weight excluding hydrogens is 384 g/mol. The van der Waals surface area contributed by atoms with Crippen LogP contribution in [0.4, 0.5) is 11.6 Å². The molecule has 4 nitrogen and oxygen atoms in total. The van der Waals surface area contributed by atoms with Gasteiger partial charge in [-0.15, -0.1) is 0 Å². The van der Waals surface area contributed by atoms with E-state index in [2.05, 4.69) is 63.8 Å². The van der Waals surface area contributed by atoms with Crippen molar-refractivity contribution in [2.24, 2.45) is 0 Å². The summed E-state index contributed by atoms with van der Waals surface area (Å²) in [4.78, 5) is 13.5. The molecule has 0 amide bonds. The molecule has 1 fully saturated rings. The zero-order valence-corrected chi connectivity index (χ0v) is 14.0. The number of hydrogen-bond donors (Lipinski definition) is 0. The SMILES string of the molecule is Brc1ccc(N2CCN(c3ccc(Br)cn3)CC2)nc1. The van der Waals surface area contributed by atoms with Crippen LogP contribution in [0.5, 0.6) is 0 Å². The van der Waals surface area contributed by atoms with Gasteiger partial charge in [0.15, 0.2) is 0 Å². The molecule has 1 aliphatic rings. The van der Waals surface area contributed by atoms with Gasteiger partial charge in [-0.05, 0) is 56.1 Å². The molecule has 0 radical (unpaired) electrons. The van der Waals surface area contributed by atoms with Crippen LogP contribution in [0.2, 0.25) is 0 Å². The number of hydrogen-bond acceptors (Lipinski definition) is 4. The quantitative estimate of drug-likeness (QED) is 0.777. The number of pyridine rings is 2. The van der Waals surface area contributed by atoms with Crippen LogP contribution in [-0.4, -0.2) is 36.1 Å². The van der Waals surface area contributed by atoms with Crippen LogP contribution in [0.1, 0.15) is 0 Å². The molecule has 6 heteroatoms. The summed E-state index contributed by atoms with van der Waals surface area (Å²) >= 11 is 6.83. The maximum Gasteiger partial charge on any atom is 0.128 e. The maximum atomic E-state index is 4.45. The second-order valence-electron chi connectivity index (χ2n) is 4.64. The van der Waals surface area contributed by atoms with Gasteiger partial charge in [-0.3, -0.25) is 0 Å². The predicted octanol–water partition coefficient (Wildman–Crippen LogP) is 3.33. The number of rotatable bonds is 2. The monoisotopic (exact) mass is 396 g/mol. The molecule has 104 valence electrons. The van der Waals surface area contributed by atoms with Crippen LogP contribution < -0.4 is 9.80 Å². The molecule has 0 bridgehead atoms. The lowest BCUT2D eigenvalue weighted by Crippen LogP contribution is -2.47. The minimum atomic E-state index is 0.965. The van der Waals surface area contributed by atoms with Gasteiger partial charge in [0, 0.05) is 47.5 Å². The van der Waals surface area contributed by atoms with E-state index in [1.165, 1.54) is 0 Å². The van der Waals surface area contributed by atoms with Crippen LogP contribution in [-0.2, 0) is 0 Å². The molecular formula is C14H14Br2N4. The first-order valence-electron chi connectivity index (χ1n) is 6.45. The third-order valence-corrected chi connectivity index (χ3v) is 4.29. The average molecular weight is 398 g/mol.